The van der Waals surface area contributed by atoms with Crippen molar-refractivity contribution in [1.29, 1.82) is 0 Å². The molecular formula is C8H9N3O3. The number of carbonyl (C=O) groups is 1. The Bertz CT molecular complexity index is 538. The van der Waals surface area contributed by atoms with Crippen molar-refractivity contribution in [2.24, 2.45) is 14.1 Å². The first-order chi connectivity index (χ1) is 6.52. The standard InChI is InChI=1S/C8H9N3O3/c1-10-6-4(3-5(12)9-6)7(13)11(2)8(10)14/h3H2,1-2H3,(H,9,12). The molecule has 6 heteroatoms. The highest BCUT2D eigenvalue weighted by atomic mass is 16.2. The van der Waals surface area contributed by atoms with Crippen LogP contribution in [-0.4, -0.2) is 15.0 Å². The van der Waals surface area contributed by atoms with Gasteiger partial charge in [-0.15, -0.1) is 0 Å². The molecule has 0 bridgehead atoms. The van der Waals surface area contributed by atoms with Gasteiger partial charge in [-0.3, -0.25) is 18.7 Å². The lowest BCUT2D eigenvalue weighted by atomic mass is 10.2. The summed E-state index contributed by atoms with van der Waals surface area (Å²) in [6, 6.07) is 0. The maximum Gasteiger partial charge on any atom is 0.332 e. The lowest BCUT2D eigenvalue weighted by molar-refractivity contribution is -0.115. The Morgan fingerprint density at radius 3 is 2.43 bits per heavy atom. The molecule has 1 aliphatic rings. The third-order valence-electron chi connectivity index (χ3n) is 2.35. The van der Waals surface area contributed by atoms with Gasteiger partial charge < -0.3 is 5.32 Å². The molecule has 1 aromatic heterocycles. The van der Waals surface area contributed by atoms with Crippen LogP contribution in [-0.2, 0) is 25.3 Å². The molecule has 0 fully saturated rings. The molecule has 1 amide bonds. The normalized spacial score (nSPS) is 14.0. The van der Waals surface area contributed by atoms with Crippen LogP contribution >= 0.6 is 0 Å². The number of carbonyl (C=O) groups excluding carboxylic acids is 1. The highest BCUT2D eigenvalue weighted by Gasteiger charge is 2.25. The van der Waals surface area contributed by atoms with Crippen LogP contribution in [0.25, 0.3) is 0 Å². The van der Waals surface area contributed by atoms with Crippen LogP contribution in [0.4, 0.5) is 5.82 Å². The Morgan fingerprint density at radius 1 is 1.14 bits per heavy atom. The zero-order valence-corrected chi connectivity index (χ0v) is 7.83. The number of fused-ring (bicyclic) bond motifs is 1. The van der Waals surface area contributed by atoms with Gasteiger partial charge in [0.1, 0.15) is 5.82 Å². The number of nitrogens with zero attached hydrogens (tertiary/aromatic N) is 2. The minimum atomic E-state index is -0.434. The van der Waals surface area contributed by atoms with Gasteiger partial charge in [-0.05, 0) is 0 Å². The van der Waals surface area contributed by atoms with Gasteiger partial charge in [0, 0.05) is 14.1 Å². The third-order valence-corrected chi connectivity index (χ3v) is 2.35. The van der Waals surface area contributed by atoms with Gasteiger partial charge >= 0.3 is 5.69 Å². The molecule has 1 aromatic rings. The number of hydrogen-bond acceptors (Lipinski definition) is 3. The quantitative estimate of drug-likeness (QED) is 0.552. The number of anilines is 1. The summed E-state index contributed by atoms with van der Waals surface area (Å²) in [7, 11) is 2.92. The van der Waals surface area contributed by atoms with Crippen molar-refractivity contribution < 1.29 is 4.79 Å². The van der Waals surface area contributed by atoms with Crippen LogP contribution < -0.4 is 16.6 Å². The zero-order valence-electron chi connectivity index (χ0n) is 7.83. The highest BCUT2D eigenvalue weighted by Crippen LogP contribution is 2.15. The summed E-state index contributed by atoms with van der Waals surface area (Å²) >= 11 is 0. The smallest absolute Gasteiger partial charge is 0.311 e. The molecule has 0 atom stereocenters. The summed E-state index contributed by atoms with van der Waals surface area (Å²) in [6.07, 6.45) is 0.0517. The Morgan fingerprint density at radius 2 is 1.79 bits per heavy atom. The summed E-state index contributed by atoms with van der Waals surface area (Å²) < 4.78 is 2.26. The van der Waals surface area contributed by atoms with E-state index in [0.717, 1.165) is 4.57 Å². The first kappa shape index (κ1) is 8.74. The molecule has 2 heterocycles. The van der Waals surface area contributed by atoms with Crippen LogP contribution in [0.2, 0.25) is 0 Å². The summed E-state index contributed by atoms with van der Waals surface area (Å²) in [4.78, 5) is 34.0. The van der Waals surface area contributed by atoms with E-state index in [0.29, 0.717) is 11.4 Å². The average Bonchev–Trinajstić information content (AvgIpc) is 2.54. The lowest BCUT2D eigenvalue weighted by Gasteiger charge is -2.07. The number of amides is 1. The SMILES string of the molecule is Cn1c2c(c(=O)n(C)c1=O)CC(=O)N2. The predicted octanol–water partition coefficient (Wildman–Crippen LogP) is -1.42. The van der Waals surface area contributed by atoms with Gasteiger partial charge in [0.15, 0.2) is 0 Å². The fraction of sp³-hybridized carbons (Fsp3) is 0.375. The van der Waals surface area contributed by atoms with Crippen molar-refractivity contribution in [1.82, 2.24) is 9.13 Å². The van der Waals surface area contributed by atoms with Crippen LogP contribution in [0.15, 0.2) is 9.59 Å². The summed E-state index contributed by atoms with van der Waals surface area (Å²) in [5.74, 6) is 0.0707. The average molecular weight is 195 g/mol. The van der Waals surface area contributed by atoms with E-state index < -0.39 is 11.2 Å². The van der Waals surface area contributed by atoms with Crippen molar-refractivity contribution in [2.75, 3.05) is 5.32 Å². The van der Waals surface area contributed by atoms with E-state index in [1.54, 1.807) is 0 Å². The summed E-state index contributed by atoms with van der Waals surface area (Å²) in [5, 5.41) is 2.49. The number of rotatable bonds is 0. The molecule has 2 rings (SSSR count). The molecule has 0 unspecified atom stereocenters. The Labute approximate surface area is 78.8 Å². The minimum Gasteiger partial charge on any atom is -0.311 e. The maximum absolute atomic E-state index is 11.5. The van der Waals surface area contributed by atoms with E-state index in [9.17, 15) is 14.4 Å². The van der Waals surface area contributed by atoms with E-state index in [2.05, 4.69) is 5.32 Å². The molecule has 1 N–H and O–H groups in total. The summed E-state index contributed by atoms with van der Waals surface area (Å²) in [5.41, 5.74) is -0.475. The lowest BCUT2D eigenvalue weighted by Crippen LogP contribution is -2.38. The second kappa shape index (κ2) is 2.57. The molecule has 14 heavy (non-hydrogen) atoms. The third kappa shape index (κ3) is 0.935. The Kier molecular flexibility index (Phi) is 1.60. The number of aromatic nitrogens is 2. The molecule has 74 valence electrons. The van der Waals surface area contributed by atoms with Gasteiger partial charge in [-0.1, -0.05) is 0 Å². The molecule has 0 saturated heterocycles. The monoisotopic (exact) mass is 195 g/mol. The Hall–Kier alpha value is -1.85. The van der Waals surface area contributed by atoms with Gasteiger partial charge in [0.25, 0.3) is 5.56 Å². The molecular weight excluding hydrogens is 186 g/mol. The second-order valence-corrected chi connectivity index (χ2v) is 3.26. The molecule has 0 aliphatic carbocycles. The highest BCUT2D eigenvalue weighted by molar-refractivity contribution is 5.97. The van der Waals surface area contributed by atoms with Crippen LogP contribution in [0, 0.1) is 0 Å². The first-order valence-corrected chi connectivity index (χ1v) is 4.11. The fourth-order valence-corrected chi connectivity index (χ4v) is 1.57. The van der Waals surface area contributed by atoms with Crippen molar-refractivity contribution in [2.45, 2.75) is 6.42 Å². The zero-order chi connectivity index (χ0) is 10.5. The van der Waals surface area contributed by atoms with E-state index in [4.69, 9.17) is 0 Å². The molecule has 6 nitrogen and oxygen atoms in total. The van der Waals surface area contributed by atoms with Crippen molar-refractivity contribution in [3.8, 4) is 0 Å². The minimum absolute atomic E-state index is 0.0517. The fourth-order valence-electron chi connectivity index (χ4n) is 1.57. The topological polar surface area (TPSA) is 73.1 Å². The van der Waals surface area contributed by atoms with Gasteiger partial charge in [0.05, 0.1) is 12.0 Å². The molecule has 1 aliphatic heterocycles. The van der Waals surface area contributed by atoms with E-state index in [1.807, 2.05) is 0 Å². The molecule has 0 saturated carbocycles. The molecule has 0 aromatic carbocycles. The molecule has 0 radical (unpaired) electrons. The van der Waals surface area contributed by atoms with Crippen molar-refractivity contribution in [3.05, 3.63) is 26.4 Å². The first-order valence-electron chi connectivity index (χ1n) is 4.11. The van der Waals surface area contributed by atoms with Crippen LogP contribution in [0.3, 0.4) is 0 Å². The maximum atomic E-state index is 11.5. The summed E-state index contributed by atoms with van der Waals surface area (Å²) in [6.45, 7) is 0. The van der Waals surface area contributed by atoms with Gasteiger partial charge in [-0.25, -0.2) is 4.79 Å². The second-order valence-electron chi connectivity index (χ2n) is 3.26. The molecule has 0 spiro atoms. The number of nitrogens with one attached hydrogen (secondary N) is 1. The van der Waals surface area contributed by atoms with Crippen LogP contribution in [0.1, 0.15) is 5.56 Å². The van der Waals surface area contributed by atoms with Crippen molar-refractivity contribution in [3.63, 3.8) is 0 Å². The van der Waals surface area contributed by atoms with E-state index >= 15 is 0 Å². The van der Waals surface area contributed by atoms with E-state index in [1.165, 1.54) is 18.7 Å². The number of hydrogen-bond donors (Lipinski definition) is 1. The van der Waals surface area contributed by atoms with Crippen LogP contribution in [0.5, 0.6) is 0 Å². The van der Waals surface area contributed by atoms with Gasteiger partial charge in [0.2, 0.25) is 5.91 Å². The van der Waals surface area contributed by atoms with Gasteiger partial charge in [-0.2, -0.15) is 0 Å². The predicted molar refractivity (Wildman–Crippen MR) is 49.3 cm³/mol. The largest absolute Gasteiger partial charge is 0.332 e. The van der Waals surface area contributed by atoms with Crippen molar-refractivity contribution >= 4 is 11.7 Å². The Balaban J connectivity index is 2.90. The van der Waals surface area contributed by atoms with E-state index in [-0.39, 0.29) is 12.3 Å².